The van der Waals surface area contributed by atoms with Gasteiger partial charge in [0.05, 0.1) is 5.69 Å². The van der Waals surface area contributed by atoms with Crippen molar-refractivity contribution in [2.45, 2.75) is 26.2 Å². The molecule has 0 fully saturated rings. The minimum atomic E-state index is -0.0887. The lowest BCUT2D eigenvalue weighted by Crippen LogP contribution is -2.19. The van der Waals surface area contributed by atoms with E-state index in [9.17, 15) is 9.59 Å². The molecule has 2 aromatic rings. The largest absolute Gasteiger partial charge is 0.325 e. The van der Waals surface area contributed by atoms with E-state index >= 15 is 0 Å². The first-order valence-electron chi connectivity index (χ1n) is 7.55. The van der Waals surface area contributed by atoms with Crippen LogP contribution in [0.1, 0.15) is 25.3 Å². The van der Waals surface area contributed by atoms with Crippen molar-refractivity contribution in [1.29, 1.82) is 0 Å². The van der Waals surface area contributed by atoms with Crippen LogP contribution >= 0.6 is 0 Å². The van der Waals surface area contributed by atoms with Gasteiger partial charge in [-0.25, -0.2) is 0 Å². The zero-order valence-electron chi connectivity index (χ0n) is 13.1. The van der Waals surface area contributed by atoms with Crippen LogP contribution in [0.15, 0.2) is 53.5 Å². The van der Waals surface area contributed by atoms with Crippen LogP contribution in [0, 0.1) is 5.92 Å². The molecule has 0 bridgehead atoms. The number of pyridine rings is 1. The summed E-state index contributed by atoms with van der Waals surface area (Å²) < 4.78 is 1.45. The molecule has 1 atom stereocenters. The van der Waals surface area contributed by atoms with Crippen LogP contribution in [0.25, 0.3) is 0 Å². The molecule has 0 unspecified atom stereocenters. The summed E-state index contributed by atoms with van der Waals surface area (Å²) in [7, 11) is 1.67. The number of aromatic nitrogens is 1. The van der Waals surface area contributed by atoms with Crippen LogP contribution in [-0.2, 0) is 18.3 Å². The lowest BCUT2D eigenvalue weighted by molar-refractivity contribution is -0.117. The smallest absolute Gasteiger partial charge is 0.250 e. The molecule has 4 heteroatoms. The van der Waals surface area contributed by atoms with Gasteiger partial charge in [0.2, 0.25) is 11.5 Å². The minimum absolute atomic E-state index is 0.0146. The Kier molecular flexibility index (Phi) is 5.53. The molecule has 4 nitrogen and oxygen atoms in total. The summed E-state index contributed by atoms with van der Waals surface area (Å²) in [6.45, 7) is 2.09. The van der Waals surface area contributed by atoms with E-state index in [1.54, 1.807) is 19.3 Å². The van der Waals surface area contributed by atoms with Gasteiger partial charge >= 0.3 is 0 Å². The normalized spacial score (nSPS) is 11.9. The summed E-state index contributed by atoms with van der Waals surface area (Å²) in [6.07, 6.45) is 4.07. The van der Waals surface area contributed by atoms with Crippen LogP contribution in [0.2, 0.25) is 0 Å². The Labute approximate surface area is 130 Å². The second-order valence-electron chi connectivity index (χ2n) is 5.75. The monoisotopic (exact) mass is 298 g/mol. The van der Waals surface area contributed by atoms with Crippen LogP contribution in [-0.4, -0.2) is 10.5 Å². The maximum Gasteiger partial charge on any atom is 0.250 e. The van der Waals surface area contributed by atoms with Gasteiger partial charge < -0.3 is 9.88 Å². The highest BCUT2D eigenvalue weighted by atomic mass is 16.1. The number of nitrogens with zero attached hydrogens (tertiary/aromatic N) is 1. The zero-order chi connectivity index (χ0) is 15.9. The molecule has 0 saturated carbocycles. The SMILES string of the molecule is C[C@H](CCc1ccccc1)CC(=O)Nc1ccc(=O)n(C)c1. The molecular weight excluding hydrogens is 276 g/mol. The maximum atomic E-state index is 12.0. The molecule has 1 heterocycles. The molecule has 116 valence electrons. The first kappa shape index (κ1) is 16.0. The van der Waals surface area contributed by atoms with Gasteiger partial charge in [-0.15, -0.1) is 0 Å². The van der Waals surface area contributed by atoms with Crippen LogP contribution < -0.4 is 10.9 Å². The fourth-order valence-corrected chi connectivity index (χ4v) is 2.36. The highest BCUT2D eigenvalue weighted by Gasteiger charge is 2.10. The molecule has 1 aromatic carbocycles. The number of benzene rings is 1. The first-order chi connectivity index (χ1) is 10.5. The van der Waals surface area contributed by atoms with Gasteiger partial charge in [0.25, 0.3) is 0 Å². The molecule has 1 N–H and O–H groups in total. The van der Waals surface area contributed by atoms with Crippen LogP contribution in [0.4, 0.5) is 5.69 Å². The molecule has 0 aliphatic rings. The van der Waals surface area contributed by atoms with Gasteiger partial charge in [0.1, 0.15) is 0 Å². The van der Waals surface area contributed by atoms with Gasteiger partial charge in [0, 0.05) is 25.7 Å². The number of hydrogen-bond donors (Lipinski definition) is 1. The lowest BCUT2D eigenvalue weighted by atomic mass is 9.98. The molecule has 22 heavy (non-hydrogen) atoms. The molecular formula is C18H22N2O2. The highest BCUT2D eigenvalue weighted by Crippen LogP contribution is 2.14. The molecule has 1 aromatic heterocycles. The van der Waals surface area contributed by atoms with Crippen molar-refractivity contribution in [1.82, 2.24) is 4.57 Å². The van der Waals surface area contributed by atoms with E-state index < -0.39 is 0 Å². The second kappa shape index (κ2) is 7.59. The highest BCUT2D eigenvalue weighted by molar-refractivity contribution is 5.90. The molecule has 0 radical (unpaired) electrons. The van der Waals surface area contributed by atoms with Crippen LogP contribution in [0.3, 0.4) is 0 Å². The Hall–Kier alpha value is -2.36. The van der Waals surface area contributed by atoms with Crippen molar-refractivity contribution in [3.05, 3.63) is 64.6 Å². The van der Waals surface area contributed by atoms with Gasteiger partial charge in [0.15, 0.2) is 0 Å². The number of nitrogens with one attached hydrogen (secondary N) is 1. The molecule has 1 amide bonds. The Balaban J connectivity index is 1.81. The Morgan fingerprint density at radius 2 is 1.91 bits per heavy atom. The van der Waals surface area contributed by atoms with Crippen molar-refractivity contribution in [2.24, 2.45) is 13.0 Å². The average Bonchev–Trinajstić information content (AvgIpc) is 2.50. The Morgan fingerprint density at radius 3 is 2.59 bits per heavy atom. The summed E-state index contributed by atoms with van der Waals surface area (Å²) in [4.78, 5) is 23.3. The number of amides is 1. The average molecular weight is 298 g/mol. The predicted molar refractivity (Wildman–Crippen MR) is 88.9 cm³/mol. The third-order valence-electron chi connectivity index (χ3n) is 3.67. The van der Waals surface area contributed by atoms with Gasteiger partial charge in [-0.3, -0.25) is 9.59 Å². The van der Waals surface area contributed by atoms with Crippen molar-refractivity contribution >= 4 is 11.6 Å². The second-order valence-corrected chi connectivity index (χ2v) is 5.75. The summed E-state index contributed by atoms with van der Waals surface area (Å²) >= 11 is 0. The fourth-order valence-electron chi connectivity index (χ4n) is 2.36. The molecule has 2 rings (SSSR count). The number of rotatable bonds is 6. The first-order valence-corrected chi connectivity index (χ1v) is 7.55. The molecule has 0 aliphatic heterocycles. The summed E-state index contributed by atoms with van der Waals surface area (Å²) in [6, 6.07) is 13.4. The van der Waals surface area contributed by atoms with E-state index in [0.717, 1.165) is 12.8 Å². The van der Waals surface area contributed by atoms with Crippen molar-refractivity contribution in [3.63, 3.8) is 0 Å². The number of carbonyl (C=O) groups is 1. The zero-order valence-corrected chi connectivity index (χ0v) is 13.1. The number of aryl methyl sites for hydroxylation is 2. The quantitative estimate of drug-likeness (QED) is 0.891. The van der Waals surface area contributed by atoms with Crippen molar-refractivity contribution in [2.75, 3.05) is 5.32 Å². The van der Waals surface area contributed by atoms with Crippen molar-refractivity contribution < 1.29 is 4.79 Å². The van der Waals surface area contributed by atoms with Gasteiger partial charge in [-0.2, -0.15) is 0 Å². The Morgan fingerprint density at radius 1 is 1.18 bits per heavy atom. The topological polar surface area (TPSA) is 51.1 Å². The number of hydrogen-bond acceptors (Lipinski definition) is 2. The van der Waals surface area contributed by atoms with Gasteiger partial charge in [-0.1, -0.05) is 37.3 Å². The summed E-state index contributed by atoms with van der Waals surface area (Å²) in [5.74, 6) is 0.298. The maximum absolute atomic E-state index is 12.0. The number of anilines is 1. The van der Waals surface area contributed by atoms with Crippen LogP contribution in [0.5, 0.6) is 0 Å². The van der Waals surface area contributed by atoms with Gasteiger partial charge in [-0.05, 0) is 30.4 Å². The van der Waals surface area contributed by atoms with E-state index in [2.05, 4.69) is 24.4 Å². The van der Waals surface area contributed by atoms with E-state index in [4.69, 9.17) is 0 Å². The third kappa shape index (κ3) is 4.88. The predicted octanol–water partition coefficient (Wildman–Crippen LogP) is 2.98. The standard InChI is InChI=1S/C18H22N2O2/c1-14(8-9-15-6-4-3-5-7-15)12-17(21)19-16-10-11-18(22)20(2)13-16/h3-7,10-11,13-14H,8-9,12H2,1-2H3,(H,19,21)/t14-/m1/s1. The summed E-state index contributed by atoms with van der Waals surface area (Å²) in [5.41, 5.74) is 1.87. The molecule has 0 saturated heterocycles. The molecule has 0 aliphatic carbocycles. The summed E-state index contributed by atoms with van der Waals surface area (Å²) in [5, 5.41) is 2.84. The van der Waals surface area contributed by atoms with E-state index in [-0.39, 0.29) is 11.5 Å². The molecule has 0 spiro atoms. The Bertz CT molecular complexity index is 677. The van der Waals surface area contributed by atoms with E-state index in [1.807, 2.05) is 18.2 Å². The van der Waals surface area contributed by atoms with E-state index in [1.165, 1.54) is 16.2 Å². The third-order valence-corrected chi connectivity index (χ3v) is 3.67. The minimum Gasteiger partial charge on any atom is -0.325 e. The fraction of sp³-hybridized carbons (Fsp3) is 0.333. The van der Waals surface area contributed by atoms with Crippen molar-refractivity contribution in [3.8, 4) is 0 Å². The lowest BCUT2D eigenvalue weighted by Gasteiger charge is -2.12. The number of carbonyl (C=O) groups excluding carboxylic acids is 1. The van der Waals surface area contributed by atoms with E-state index in [0.29, 0.717) is 18.0 Å².